The van der Waals surface area contributed by atoms with E-state index in [2.05, 4.69) is 11.1 Å². The Labute approximate surface area is 187 Å². The van der Waals surface area contributed by atoms with Crippen LogP contribution in [0.1, 0.15) is 71.1 Å². The summed E-state index contributed by atoms with van der Waals surface area (Å²) in [6, 6.07) is 0. The van der Waals surface area contributed by atoms with Crippen LogP contribution in [0.3, 0.4) is 0 Å². The maximum absolute atomic E-state index is 10.1. The van der Waals surface area contributed by atoms with E-state index < -0.39 is 21.8 Å². The summed E-state index contributed by atoms with van der Waals surface area (Å²) in [6.45, 7) is 2.24. The molecule has 130 valence electrons. The van der Waals surface area contributed by atoms with E-state index in [4.69, 9.17) is 13.3 Å². The molecule has 0 amide bonds. The smallest absolute Gasteiger partial charge is 0.750 e. The Morgan fingerprint density at radius 1 is 0.913 bits per heavy atom. The molecule has 1 N–H and O–H groups in total. The summed E-state index contributed by atoms with van der Waals surface area (Å²) >= 11 is -2.86. The molecule has 0 rings (SSSR count). The van der Waals surface area contributed by atoms with Crippen molar-refractivity contribution in [1.82, 2.24) is 0 Å². The molecule has 0 heterocycles. The van der Waals surface area contributed by atoms with Crippen LogP contribution in [0.15, 0.2) is 0 Å². The Balaban J connectivity index is -0.000000268. The van der Waals surface area contributed by atoms with Crippen LogP contribution in [0.4, 0.5) is 0 Å². The molecule has 7 nitrogen and oxygen atoms in total. The molecule has 0 aliphatic carbocycles. The van der Waals surface area contributed by atoms with Crippen molar-refractivity contribution in [3.63, 3.8) is 0 Å². The molecule has 1 unspecified atom stereocenters. The maximum Gasteiger partial charge on any atom is 1.00 e. The predicted octanol–water partition coefficient (Wildman–Crippen LogP) is -3.27. The fraction of sp³-hybridized carbons (Fsp3) is 1.00. The molecule has 1 atom stereocenters. The van der Waals surface area contributed by atoms with E-state index in [1.54, 1.807) is 0 Å². The van der Waals surface area contributed by atoms with Crippen LogP contribution in [0, 0.1) is 0 Å². The maximum atomic E-state index is 10.1. The molecule has 0 aliphatic heterocycles. The zero-order valence-electron chi connectivity index (χ0n) is 14.5. The summed E-state index contributed by atoms with van der Waals surface area (Å²) in [5, 5.41) is 0. The van der Waals surface area contributed by atoms with E-state index in [1.807, 2.05) is 0 Å². The first-order valence-electron chi connectivity index (χ1n) is 7.18. The van der Waals surface area contributed by atoms with Crippen LogP contribution in [-0.2, 0) is 25.9 Å². The minimum atomic E-state index is -4.48. The van der Waals surface area contributed by atoms with Gasteiger partial charge in [-0.05, 0) is 6.42 Å². The summed E-state index contributed by atoms with van der Waals surface area (Å²) < 4.78 is 58.5. The summed E-state index contributed by atoms with van der Waals surface area (Å²) in [5.41, 5.74) is 0. The van der Waals surface area contributed by atoms with E-state index in [0.717, 1.165) is 12.8 Å². The van der Waals surface area contributed by atoms with Gasteiger partial charge in [-0.25, -0.2) is 12.6 Å². The van der Waals surface area contributed by atoms with Crippen molar-refractivity contribution < 1.29 is 89.6 Å². The molecular weight excluding hydrogens is 366 g/mol. The average molecular weight is 392 g/mol. The normalized spacial score (nSPS) is 11.5. The SMILES string of the molecule is CCCCCCCCCCCCOS(=O)(=O)[O-].O=S([O-])O.[Na+].[Na+]. The van der Waals surface area contributed by atoms with Crippen molar-refractivity contribution in [2.24, 2.45) is 0 Å². The van der Waals surface area contributed by atoms with Crippen molar-refractivity contribution >= 4 is 21.8 Å². The third kappa shape index (κ3) is 45.4. The van der Waals surface area contributed by atoms with Crippen LogP contribution in [0.2, 0.25) is 0 Å². The van der Waals surface area contributed by atoms with E-state index in [-0.39, 0.29) is 65.7 Å². The molecule has 11 heteroatoms. The van der Waals surface area contributed by atoms with Gasteiger partial charge in [0.25, 0.3) is 0 Å². The van der Waals surface area contributed by atoms with Gasteiger partial charge in [-0.15, -0.1) is 0 Å². The second-order valence-electron chi connectivity index (χ2n) is 4.63. The second-order valence-corrected chi connectivity index (χ2v) is 6.12. The van der Waals surface area contributed by atoms with Gasteiger partial charge in [0, 0.05) is 0 Å². The molecule has 0 saturated carbocycles. The van der Waals surface area contributed by atoms with Gasteiger partial charge in [-0.2, -0.15) is 0 Å². The van der Waals surface area contributed by atoms with Gasteiger partial charge < -0.3 is 13.7 Å². The quantitative estimate of drug-likeness (QED) is 0.121. The molecule has 0 aromatic carbocycles. The first kappa shape index (κ1) is 32.6. The molecule has 23 heavy (non-hydrogen) atoms. The number of hydrogen-bond acceptors (Lipinski definition) is 6. The largest absolute Gasteiger partial charge is 1.00 e. The van der Waals surface area contributed by atoms with E-state index in [9.17, 15) is 13.0 Å². The van der Waals surface area contributed by atoms with Crippen LogP contribution >= 0.6 is 0 Å². The van der Waals surface area contributed by atoms with Gasteiger partial charge in [0.05, 0.1) is 18.0 Å². The Kier molecular flexibility index (Phi) is 33.9. The number of hydrogen-bond donors (Lipinski definition) is 1. The molecule has 0 bridgehead atoms. The fourth-order valence-corrected chi connectivity index (χ4v) is 2.07. The van der Waals surface area contributed by atoms with Gasteiger partial charge in [-0.3, -0.25) is 4.18 Å². The number of unbranched alkanes of at least 4 members (excludes halogenated alkanes) is 9. The Bertz CT molecular complexity index is 336. The average Bonchev–Trinajstić information content (AvgIpc) is 2.34. The summed E-state index contributed by atoms with van der Waals surface area (Å²) in [4.78, 5) is 0. The molecule has 0 fully saturated rings. The van der Waals surface area contributed by atoms with Crippen LogP contribution in [0.5, 0.6) is 0 Å². The first-order valence-corrected chi connectivity index (χ1v) is 9.54. The predicted molar refractivity (Wildman–Crippen MR) is 79.0 cm³/mol. The van der Waals surface area contributed by atoms with Crippen molar-refractivity contribution in [3.8, 4) is 0 Å². The van der Waals surface area contributed by atoms with E-state index in [0.29, 0.717) is 6.42 Å². The second kappa shape index (κ2) is 23.9. The topological polar surface area (TPSA) is 127 Å². The van der Waals surface area contributed by atoms with E-state index >= 15 is 0 Å². The molecule has 0 aliphatic rings. The van der Waals surface area contributed by atoms with Crippen molar-refractivity contribution in [2.75, 3.05) is 6.61 Å². The third-order valence-corrected chi connectivity index (χ3v) is 3.18. The minimum absolute atomic E-state index is 0. The van der Waals surface area contributed by atoms with Gasteiger partial charge in [0.15, 0.2) is 0 Å². The summed E-state index contributed by atoms with van der Waals surface area (Å²) in [5.74, 6) is 0. The molecule has 0 aromatic rings. The Morgan fingerprint density at radius 2 is 1.22 bits per heavy atom. The van der Waals surface area contributed by atoms with Crippen molar-refractivity contribution in [1.29, 1.82) is 0 Å². The summed E-state index contributed by atoms with van der Waals surface area (Å²) in [6.07, 6.45) is 11.7. The van der Waals surface area contributed by atoms with Crippen LogP contribution < -0.4 is 59.1 Å². The van der Waals surface area contributed by atoms with Gasteiger partial charge in [-0.1, -0.05) is 64.7 Å². The van der Waals surface area contributed by atoms with Gasteiger partial charge >= 0.3 is 59.1 Å². The molecular formula is C12H26Na2O7S2. The molecule has 0 saturated heterocycles. The zero-order chi connectivity index (χ0) is 16.6. The minimum Gasteiger partial charge on any atom is -0.750 e. The summed E-state index contributed by atoms with van der Waals surface area (Å²) in [7, 11) is -4.48. The number of rotatable bonds is 12. The van der Waals surface area contributed by atoms with E-state index in [1.165, 1.54) is 44.9 Å². The zero-order valence-corrected chi connectivity index (χ0v) is 20.1. The van der Waals surface area contributed by atoms with Crippen LogP contribution in [-0.4, -0.2) is 32.9 Å². The molecule has 0 spiro atoms. The fourth-order valence-electron chi connectivity index (χ4n) is 1.75. The Hall–Kier alpha value is 1.94. The van der Waals surface area contributed by atoms with Crippen molar-refractivity contribution in [3.05, 3.63) is 0 Å². The van der Waals surface area contributed by atoms with Gasteiger partial charge in [0.2, 0.25) is 10.4 Å². The Morgan fingerprint density at radius 3 is 1.52 bits per heavy atom. The third-order valence-electron chi connectivity index (χ3n) is 2.73. The monoisotopic (exact) mass is 392 g/mol. The molecule has 0 aromatic heterocycles. The van der Waals surface area contributed by atoms with Gasteiger partial charge in [0.1, 0.15) is 0 Å². The first-order chi connectivity index (χ1) is 9.79. The molecule has 0 radical (unpaired) electrons. The van der Waals surface area contributed by atoms with Crippen molar-refractivity contribution in [2.45, 2.75) is 71.1 Å². The van der Waals surface area contributed by atoms with Crippen LogP contribution in [0.25, 0.3) is 0 Å². The standard InChI is InChI=1S/C12H26O4S.2Na.H2O3S/c1-2-3-4-5-6-7-8-9-10-11-12-16-17(13,14)15;;;1-4(2)3/h2-12H2,1H3,(H,13,14,15);;;(H2,1,2,3)/q;2*+1;/p-2.